The average molecular weight is 517 g/mol. The molecule has 28 heavy (non-hydrogen) atoms. The average Bonchev–Trinajstić information content (AvgIpc) is 2.62. The third kappa shape index (κ3) is 17.8. The van der Waals surface area contributed by atoms with Crippen LogP contribution >= 0.6 is 0 Å². The van der Waals surface area contributed by atoms with Gasteiger partial charge in [-0.1, -0.05) is 34.1 Å². The monoisotopic (exact) mass is 515 g/mol. The Hall–Kier alpha value is 0.989. The number of hydrogen-bond donors (Lipinski definition) is 1. The van der Waals surface area contributed by atoms with Crippen molar-refractivity contribution in [3.05, 3.63) is 0 Å². The second-order valence-corrected chi connectivity index (χ2v) is 11.4. The van der Waals surface area contributed by atoms with Crippen LogP contribution in [0.1, 0.15) is 47.0 Å². The zero-order valence-electron chi connectivity index (χ0n) is 18.6. The molecule has 1 aliphatic heterocycles. The first kappa shape index (κ1) is 29.0. The van der Waals surface area contributed by atoms with Crippen LogP contribution in [-0.4, -0.2) is 96.7 Å². The van der Waals surface area contributed by atoms with Crippen LogP contribution in [0.3, 0.4) is 0 Å². The predicted octanol–water partition coefficient (Wildman–Crippen LogP) is 1.83. The second kappa shape index (κ2) is 15.7. The third-order valence-electron chi connectivity index (χ3n) is 4.80. The van der Waals surface area contributed by atoms with E-state index in [-0.39, 0.29) is 9.49 Å². The van der Waals surface area contributed by atoms with Crippen molar-refractivity contribution >= 4 is 25.3 Å². The molecular formula is C20H42N4OS2Tc. The molecule has 1 saturated heterocycles. The van der Waals surface area contributed by atoms with E-state index in [0.29, 0.717) is 0 Å². The Morgan fingerprint density at radius 1 is 0.929 bits per heavy atom. The van der Waals surface area contributed by atoms with Crippen LogP contribution in [0.25, 0.3) is 0 Å². The van der Waals surface area contributed by atoms with Crippen molar-refractivity contribution in [2.24, 2.45) is 0 Å². The van der Waals surface area contributed by atoms with Crippen LogP contribution in [0.4, 0.5) is 0 Å². The fourth-order valence-corrected chi connectivity index (χ4v) is 3.64. The van der Waals surface area contributed by atoms with Crippen molar-refractivity contribution in [2.45, 2.75) is 56.5 Å². The molecule has 8 heteroatoms. The van der Waals surface area contributed by atoms with E-state index in [9.17, 15) is 0 Å². The van der Waals surface area contributed by atoms with Gasteiger partial charge in [0, 0.05) is 39.3 Å². The molecule has 1 fully saturated rings. The fourth-order valence-electron chi connectivity index (χ4n) is 3.35. The number of hydrogen-bond acceptors (Lipinski definition) is 7. The molecule has 0 aliphatic carbocycles. The second-order valence-electron chi connectivity index (χ2n) is 9.18. The normalized spacial score (nSPS) is 16.3. The minimum absolute atomic E-state index is 0.0726. The van der Waals surface area contributed by atoms with Gasteiger partial charge in [-0.3, -0.25) is 0 Å². The first-order valence-corrected chi connectivity index (χ1v) is 12.0. The number of nitrogens with zero attached hydrogens (tertiary/aromatic N) is 3. The van der Waals surface area contributed by atoms with Crippen LogP contribution in [0, 0.1) is 0 Å². The van der Waals surface area contributed by atoms with Gasteiger partial charge >= 0.3 is 22.4 Å². The van der Waals surface area contributed by atoms with Gasteiger partial charge in [0.05, 0.1) is 0 Å². The van der Waals surface area contributed by atoms with E-state index in [1.54, 1.807) is 0 Å². The quantitative estimate of drug-likeness (QED) is 0.296. The van der Waals surface area contributed by atoms with Gasteiger partial charge in [0.2, 0.25) is 0 Å². The van der Waals surface area contributed by atoms with E-state index in [2.05, 4.69) is 54.8 Å². The Bertz CT molecular complexity index is 385. The standard InChI is InChI=1S/C20H44N4S2.O.Tc/c1-19(2,25)17-21-9-12-24(18-20(3,4)26)16-14-22(5)13-15-23-10-7-6-8-11-23;;/h21,25-26H,6-18H2,1-5H3;;/q;;+2/p-2. The van der Waals surface area contributed by atoms with Crippen LogP contribution in [0.5, 0.6) is 0 Å². The maximum absolute atomic E-state index is 8.22. The summed E-state index contributed by atoms with van der Waals surface area (Å²) >= 11 is 11.9. The summed E-state index contributed by atoms with van der Waals surface area (Å²) in [5, 5.41) is 3.50. The molecule has 0 aromatic rings. The summed E-state index contributed by atoms with van der Waals surface area (Å²) in [6, 6.07) is 0. The molecule has 1 N–H and O–H groups in total. The Balaban J connectivity index is 0.00000352. The molecule has 0 spiro atoms. The molecule has 0 radical (unpaired) electrons. The van der Waals surface area contributed by atoms with Crippen LogP contribution < -0.4 is 5.32 Å². The van der Waals surface area contributed by atoms with Gasteiger partial charge in [-0.25, -0.2) is 0 Å². The fraction of sp³-hybridized carbons (Fsp3) is 1.00. The SMILES string of the molecule is CN(CCN1CCCCC1)CCN(CCNCC(C)(C)[S-])CC(C)(C)[S-].[O]=[Tc+2]. The molecule has 0 aromatic carbocycles. The Morgan fingerprint density at radius 2 is 1.54 bits per heavy atom. The summed E-state index contributed by atoms with van der Waals surface area (Å²) < 4.78 is 8.07. The van der Waals surface area contributed by atoms with Crippen molar-refractivity contribution in [1.82, 2.24) is 20.0 Å². The van der Waals surface area contributed by atoms with Crippen LogP contribution in [0.15, 0.2) is 0 Å². The van der Waals surface area contributed by atoms with E-state index >= 15 is 0 Å². The van der Waals surface area contributed by atoms with E-state index < -0.39 is 0 Å². The predicted molar refractivity (Wildman–Crippen MR) is 121 cm³/mol. The van der Waals surface area contributed by atoms with Crippen molar-refractivity contribution in [1.29, 1.82) is 0 Å². The summed E-state index contributed by atoms with van der Waals surface area (Å²) in [5.74, 6) is 0. The summed E-state index contributed by atoms with van der Waals surface area (Å²) in [6.45, 7) is 19.5. The molecule has 0 atom stereocenters. The molecule has 0 amide bonds. The zero-order valence-corrected chi connectivity index (χ0v) is 22.1. The van der Waals surface area contributed by atoms with Crippen molar-refractivity contribution in [2.75, 3.05) is 72.5 Å². The van der Waals surface area contributed by atoms with E-state index in [1.807, 2.05) is 0 Å². The van der Waals surface area contributed by atoms with Gasteiger partial charge in [-0.2, -0.15) is 0 Å². The van der Waals surface area contributed by atoms with Gasteiger partial charge in [0.1, 0.15) is 0 Å². The number of likely N-dealkylation sites (N-methyl/N-ethyl adjacent to an activating group) is 1. The summed E-state index contributed by atoms with van der Waals surface area (Å²) in [4.78, 5) is 7.59. The van der Waals surface area contributed by atoms with Gasteiger partial charge in [0.25, 0.3) is 0 Å². The molecule has 1 heterocycles. The Kier molecular flexibility index (Phi) is 16.3. The number of rotatable bonds is 13. The molecule has 1 rings (SSSR count). The maximum atomic E-state index is 8.22. The molecule has 167 valence electrons. The minimum atomic E-state index is -0.0797. The molecule has 5 nitrogen and oxygen atoms in total. The first-order chi connectivity index (χ1) is 13.1. The number of piperidine rings is 1. The van der Waals surface area contributed by atoms with Crippen molar-refractivity contribution < 1.29 is 22.4 Å². The molecule has 1 aliphatic rings. The number of likely N-dealkylation sites (tertiary alicyclic amines) is 1. The Morgan fingerprint density at radius 3 is 2.07 bits per heavy atom. The van der Waals surface area contributed by atoms with E-state index in [0.717, 1.165) is 64.7 Å². The number of nitrogens with one attached hydrogen (secondary N) is 1. The van der Waals surface area contributed by atoms with Crippen molar-refractivity contribution in [3.8, 4) is 0 Å². The van der Waals surface area contributed by atoms with Gasteiger partial charge in [-0.05, 0) is 46.1 Å². The molecular weight excluding hydrogens is 474 g/mol. The van der Waals surface area contributed by atoms with Gasteiger partial charge in [-0.15, -0.1) is 9.49 Å². The van der Waals surface area contributed by atoms with E-state index in [4.69, 9.17) is 28.8 Å². The topological polar surface area (TPSA) is 38.8 Å². The zero-order chi connectivity index (χ0) is 21.6. The molecule has 0 bridgehead atoms. The molecule has 0 aromatic heterocycles. The first-order valence-electron chi connectivity index (χ1n) is 10.5. The van der Waals surface area contributed by atoms with Crippen LogP contribution in [0.2, 0.25) is 0 Å². The molecule has 0 saturated carbocycles. The summed E-state index contributed by atoms with van der Waals surface area (Å²) in [6.07, 6.45) is 4.16. The van der Waals surface area contributed by atoms with Gasteiger partial charge in [0.15, 0.2) is 0 Å². The Labute approximate surface area is 196 Å². The van der Waals surface area contributed by atoms with Crippen LogP contribution in [-0.2, 0) is 47.6 Å². The van der Waals surface area contributed by atoms with Gasteiger partial charge < -0.3 is 45.3 Å². The third-order valence-corrected chi connectivity index (χ3v) is 5.08. The van der Waals surface area contributed by atoms with Crippen molar-refractivity contribution in [3.63, 3.8) is 0 Å². The summed E-state index contributed by atoms with van der Waals surface area (Å²) in [7, 11) is 2.25. The van der Waals surface area contributed by atoms with E-state index in [1.165, 1.54) is 38.9 Å². The summed E-state index contributed by atoms with van der Waals surface area (Å²) in [5.41, 5.74) is 0. The molecule has 0 unspecified atom stereocenters.